The number of carbonyl (C=O) groups is 3. The Morgan fingerprint density at radius 2 is 2.24 bits per heavy atom. The van der Waals surface area contributed by atoms with E-state index in [0.29, 0.717) is 22.4 Å². The zero-order valence-electron chi connectivity index (χ0n) is 11.3. The summed E-state index contributed by atoms with van der Waals surface area (Å²) in [6.45, 7) is 0. The zero-order chi connectivity index (χ0) is 15.2. The van der Waals surface area contributed by atoms with Gasteiger partial charge in [-0.05, 0) is 40.9 Å². The molecule has 3 rings (SSSR count). The van der Waals surface area contributed by atoms with E-state index in [2.05, 4.69) is 31.0 Å². The summed E-state index contributed by atoms with van der Waals surface area (Å²) in [6.07, 6.45) is 0.642. The molecule has 2 aliphatic rings. The van der Waals surface area contributed by atoms with Crippen LogP contribution in [-0.4, -0.2) is 29.8 Å². The number of amides is 1. The van der Waals surface area contributed by atoms with Gasteiger partial charge in [0.1, 0.15) is 16.3 Å². The van der Waals surface area contributed by atoms with Crippen molar-refractivity contribution in [1.82, 2.24) is 4.98 Å². The fourth-order valence-corrected chi connectivity index (χ4v) is 3.41. The second-order valence-electron chi connectivity index (χ2n) is 5.31. The van der Waals surface area contributed by atoms with Gasteiger partial charge in [0.15, 0.2) is 0 Å². The smallest absolute Gasteiger partial charge is 0.316 e. The van der Waals surface area contributed by atoms with E-state index in [0.717, 1.165) is 0 Å². The van der Waals surface area contributed by atoms with Crippen LogP contribution in [0.4, 0.5) is 5.69 Å². The Balaban J connectivity index is 2.05. The van der Waals surface area contributed by atoms with Gasteiger partial charge in [-0.2, -0.15) is 0 Å². The standard InChI is InChI=1S/C14H13BrN2O4/c1-21-12(19)7-6-14(5-4-9(7)18)11-8(16-13(14)20)2-3-10(15)17-11/h2-3,7H,4-6H2,1H3,(H,16,20). The molecule has 1 amide bonds. The molecule has 7 heteroatoms. The lowest BCUT2D eigenvalue weighted by Crippen LogP contribution is -2.45. The van der Waals surface area contributed by atoms with Gasteiger partial charge in [0, 0.05) is 6.42 Å². The average molecular weight is 353 g/mol. The molecule has 1 spiro atoms. The summed E-state index contributed by atoms with van der Waals surface area (Å²) in [5, 5.41) is 2.79. The lowest BCUT2D eigenvalue weighted by molar-refractivity contribution is -0.152. The number of ketones is 1. The topological polar surface area (TPSA) is 85.4 Å². The summed E-state index contributed by atoms with van der Waals surface area (Å²) in [5.74, 6) is -1.87. The van der Waals surface area contributed by atoms with E-state index in [1.807, 2.05) is 0 Å². The Labute approximate surface area is 129 Å². The van der Waals surface area contributed by atoms with Gasteiger partial charge < -0.3 is 10.1 Å². The molecule has 21 heavy (non-hydrogen) atoms. The van der Waals surface area contributed by atoms with Crippen LogP contribution in [-0.2, 0) is 24.5 Å². The molecule has 1 N–H and O–H groups in total. The van der Waals surface area contributed by atoms with Crippen molar-refractivity contribution in [3.63, 3.8) is 0 Å². The number of hydrogen-bond acceptors (Lipinski definition) is 5. The third-order valence-electron chi connectivity index (χ3n) is 4.22. The Bertz CT molecular complexity index is 652. The van der Waals surface area contributed by atoms with Crippen molar-refractivity contribution < 1.29 is 19.1 Å². The number of nitrogens with one attached hydrogen (secondary N) is 1. The third kappa shape index (κ3) is 2.07. The number of aromatic nitrogens is 1. The largest absolute Gasteiger partial charge is 0.468 e. The van der Waals surface area contributed by atoms with Crippen LogP contribution in [0.25, 0.3) is 0 Å². The van der Waals surface area contributed by atoms with Gasteiger partial charge in [-0.25, -0.2) is 4.98 Å². The van der Waals surface area contributed by atoms with Crippen molar-refractivity contribution in [1.29, 1.82) is 0 Å². The molecule has 1 aliphatic carbocycles. The van der Waals surface area contributed by atoms with Gasteiger partial charge >= 0.3 is 5.97 Å². The number of fused-ring (bicyclic) bond motifs is 2. The molecule has 110 valence electrons. The first kappa shape index (κ1) is 14.2. The highest BCUT2D eigenvalue weighted by Crippen LogP contribution is 2.47. The minimum atomic E-state index is -0.925. The van der Waals surface area contributed by atoms with Crippen LogP contribution in [0.1, 0.15) is 25.0 Å². The lowest BCUT2D eigenvalue weighted by atomic mass is 9.67. The van der Waals surface area contributed by atoms with Gasteiger partial charge in [0.2, 0.25) is 5.91 Å². The predicted octanol–water partition coefficient (Wildman–Crippen LogP) is 1.58. The third-order valence-corrected chi connectivity index (χ3v) is 4.66. The molecule has 0 saturated heterocycles. The number of esters is 1. The second kappa shape index (κ2) is 4.91. The number of ether oxygens (including phenoxy) is 1. The van der Waals surface area contributed by atoms with Gasteiger partial charge in [0.25, 0.3) is 0 Å². The van der Waals surface area contributed by atoms with E-state index in [1.165, 1.54) is 7.11 Å². The Morgan fingerprint density at radius 3 is 2.95 bits per heavy atom. The summed E-state index contributed by atoms with van der Waals surface area (Å²) < 4.78 is 5.30. The molecular weight excluding hydrogens is 340 g/mol. The van der Waals surface area contributed by atoms with Gasteiger partial charge in [-0.3, -0.25) is 14.4 Å². The van der Waals surface area contributed by atoms with Crippen LogP contribution < -0.4 is 5.32 Å². The summed E-state index contributed by atoms with van der Waals surface area (Å²) in [6, 6.07) is 3.51. The summed E-state index contributed by atoms with van der Waals surface area (Å²) in [5.41, 5.74) is 0.316. The predicted molar refractivity (Wildman–Crippen MR) is 76.6 cm³/mol. The van der Waals surface area contributed by atoms with Crippen molar-refractivity contribution in [2.45, 2.75) is 24.7 Å². The van der Waals surface area contributed by atoms with E-state index in [9.17, 15) is 14.4 Å². The first-order valence-electron chi connectivity index (χ1n) is 6.57. The molecule has 1 aliphatic heterocycles. The average Bonchev–Trinajstić information content (AvgIpc) is 2.73. The summed E-state index contributed by atoms with van der Waals surface area (Å²) >= 11 is 3.30. The molecule has 1 aromatic heterocycles. The number of carbonyl (C=O) groups excluding carboxylic acids is 3. The molecule has 6 nitrogen and oxygen atoms in total. The van der Waals surface area contributed by atoms with E-state index < -0.39 is 17.3 Å². The highest BCUT2D eigenvalue weighted by atomic mass is 79.9. The van der Waals surface area contributed by atoms with Crippen LogP contribution in [0.3, 0.4) is 0 Å². The molecule has 0 aromatic carbocycles. The quantitative estimate of drug-likeness (QED) is 0.471. The molecule has 0 radical (unpaired) electrons. The number of anilines is 1. The summed E-state index contributed by atoms with van der Waals surface area (Å²) in [4.78, 5) is 40.6. The van der Waals surface area contributed by atoms with Crippen LogP contribution in [0.5, 0.6) is 0 Å². The van der Waals surface area contributed by atoms with Crippen molar-refractivity contribution in [2.24, 2.45) is 5.92 Å². The molecule has 2 heterocycles. The first-order chi connectivity index (χ1) is 9.98. The van der Waals surface area contributed by atoms with E-state index >= 15 is 0 Å². The number of pyridine rings is 1. The van der Waals surface area contributed by atoms with Gasteiger partial charge in [-0.15, -0.1) is 0 Å². The molecule has 2 atom stereocenters. The van der Waals surface area contributed by atoms with Gasteiger partial charge in [-0.1, -0.05) is 0 Å². The van der Waals surface area contributed by atoms with Crippen molar-refractivity contribution in [2.75, 3.05) is 12.4 Å². The molecule has 1 fully saturated rings. The number of Topliss-reactive ketones (excluding diaryl/α,β-unsaturated/α-hetero) is 1. The van der Waals surface area contributed by atoms with Crippen LogP contribution in [0.2, 0.25) is 0 Å². The Kier molecular flexibility index (Phi) is 3.32. The normalized spacial score (nSPS) is 27.4. The minimum Gasteiger partial charge on any atom is -0.468 e. The van der Waals surface area contributed by atoms with E-state index in [-0.39, 0.29) is 24.5 Å². The molecule has 1 aromatic rings. The van der Waals surface area contributed by atoms with Crippen LogP contribution >= 0.6 is 15.9 Å². The number of rotatable bonds is 1. The van der Waals surface area contributed by atoms with Crippen molar-refractivity contribution >= 4 is 39.3 Å². The Morgan fingerprint density at radius 1 is 1.48 bits per heavy atom. The minimum absolute atomic E-state index is 0.112. The zero-order valence-corrected chi connectivity index (χ0v) is 12.9. The fraction of sp³-hybridized carbons (Fsp3) is 0.429. The van der Waals surface area contributed by atoms with Crippen molar-refractivity contribution in [3.8, 4) is 0 Å². The van der Waals surface area contributed by atoms with Crippen LogP contribution in [0, 0.1) is 5.92 Å². The first-order valence-corrected chi connectivity index (χ1v) is 7.36. The van der Waals surface area contributed by atoms with Gasteiger partial charge in [0.05, 0.1) is 23.9 Å². The summed E-state index contributed by atoms with van der Waals surface area (Å²) in [7, 11) is 1.24. The second-order valence-corrected chi connectivity index (χ2v) is 6.13. The fourth-order valence-electron chi connectivity index (χ4n) is 3.10. The number of nitrogens with zero attached hydrogens (tertiary/aromatic N) is 1. The highest BCUT2D eigenvalue weighted by molar-refractivity contribution is 9.10. The Hall–Kier alpha value is -1.76. The molecule has 0 bridgehead atoms. The highest BCUT2D eigenvalue weighted by Gasteiger charge is 2.54. The van der Waals surface area contributed by atoms with E-state index in [4.69, 9.17) is 0 Å². The number of methoxy groups -OCH3 is 1. The monoisotopic (exact) mass is 352 g/mol. The maximum atomic E-state index is 12.5. The molecule has 2 unspecified atom stereocenters. The number of hydrogen-bond donors (Lipinski definition) is 1. The maximum Gasteiger partial charge on any atom is 0.316 e. The SMILES string of the molecule is COC(=O)C1CC2(CCC1=O)C(=O)Nc1ccc(Br)nc12. The maximum absolute atomic E-state index is 12.5. The van der Waals surface area contributed by atoms with Crippen LogP contribution in [0.15, 0.2) is 16.7 Å². The molecular formula is C14H13BrN2O4. The lowest BCUT2D eigenvalue weighted by Gasteiger charge is -2.33. The van der Waals surface area contributed by atoms with E-state index in [1.54, 1.807) is 12.1 Å². The number of halogens is 1. The molecule has 1 saturated carbocycles. The van der Waals surface area contributed by atoms with Crippen molar-refractivity contribution in [3.05, 3.63) is 22.4 Å².